The van der Waals surface area contributed by atoms with Gasteiger partial charge in [0.2, 0.25) is 5.95 Å². The van der Waals surface area contributed by atoms with Gasteiger partial charge in [0.15, 0.2) is 0 Å². The molecule has 0 unspecified atom stereocenters. The SMILES string of the molecule is COc1ccc(Cl)c(-c2cc(OCCN3CCCC3)c3nc(Nc4cccnc4)nnc3c2)c1. The first-order valence-electron chi connectivity index (χ1n) is 11.2. The van der Waals surface area contributed by atoms with E-state index in [9.17, 15) is 0 Å². The third-order valence-corrected chi connectivity index (χ3v) is 6.12. The van der Waals surface area contributed by atoms with Crippen LogP contribution in [0.4, 0.5) is 11.6 Å². The molecule has 0 saturated carbocycles. The Bertz CT molecular complexity index is 1280. The minimum Gasteiger partial charge on any atom is -0.497 e. The molecule has 9 heteroatoms. The summed E-state index contributed by atoms with van der Waals surface area (Å²) >= 11 is 6.53. The third-order valence-electron chi connectivity index (χ3n) is 5.79. The Labute approximate surface area is 202 Å². The number of anilines is 2. The summed E-state index contributed by atoms with van der Waals surface area (Å²) in [4.78, 5) is 11.2. The van der Waals surface area contributed by atoms with Gasteiger partial charge in [0.25, 0.3) is 0 Å². The molecule has 0 amide bonds. The monoisotopic (exact) mass is 476 g/mol. The van der Waals surface area contributed by atoms with Crippen molar-refractivity contribution >= 4 is 34.3 Å². The van der Waals surface area contributed by atoms with Crippen LogP contribution in [0.25, 0.3) is 22.2 Å². The van der Waals surface area contributed by atoms with E-state index in [0.29, 0.717) is 34.4 Å². The summed E-state index contributed by atoms with van der Waals surface area (Å²) in [7, 11) is 1.63. The first kappa shape index (κ1) is 22.3. The second-order valence-corrected chi connectivity index (χ2v) is 8.49. The summed E-state index contributed by atoms with van der Waals surface area (Å²) in [5, 5.41) is 12.4. The number of hydrogen-bond acceptors (Lipinski definition) is 8. The predicted molar refractivity (Wildman–Crippen MR) is 133 cm³/mol. The molecule has 1 fully saturated rings. The van der Waals surface area contributed by atoms with Gasteiger partial charge in [-0.25, -0.2) is 4.98 Å². The standard InChI is InChI=1S/C25H25ClN6O2/c1-33-19-6-7-21(26)20(15-19)17-13-22-24(23(14-17)34-12-11-32-9-2-3-10-32)29-25(31-30-22)28-18-5-4-8-27-16-18/h4-8,13-16H,2-3,9-12H2,1H3,(H,28,29,31). The summed E-state index contributed by atoms with van der Waals surface area (Å²) < 4.78 is 11.7. The average Bonchev–Trinajstić information content (AvgIpc) is 3.39. The van der Waals surface area contributed by atoms with Crippen molar-refractivity contribution in [2.75, 3.05) is 38.7 Å². The maximum atomic E-state index is 6.53. The molecule has 1 N–H and O–H groups in total. The van der Waals surface area contributed by atoms with Gasteiger partial charge in [0.1, 0.15) is 29.1 Å². The van der Waals surface area contributed by atoms with Crippen LogP contribution >= 0.6 is 11.6 Å². The van der Waals surface area contributed by atoms with Crippen molar-refractivity contribution in [1.29, 1.82) is 0 Å². The highest BCUT2D eigenvalue weighted by Crippen LogP contribution is 2.36. The van der Waals surface area contributed by atoms with Gasteiger partial charge in [-0.3, -0.25) is 9.88 Å². The molecule has 3 heterocycles. The van der Waals surface area contributed by atoms with E-state index in [-0.39, 0.29) is 0 Å². The number of methoxy groups -OCH3 is 1. The Morgan fingerprint density at radius 3 is 2.76 bits per heavy atom. The van der Waals surface area contributed by atoms with E-state index in [4.69, 9.17) is 26.1 Å². The van der Waals surface area contributed by atoms with Crippen LogP contribution in [0.15, 0.2) is 54.9 Å². The van der Waals surface area contributed by atoms with Crippen LogP contribution in [-0.4, -0.2) is 58.4 Å². The average molecular weight is 477 g/mol. The summed E-state index contributed by atoms with van der Waals surface area (Å²) in [6, 6.07) is 13.1. The molecule has 2 aromatic carbocycles. The van der Waals surface area contributed by atoms with Crippen LogP contribution in [0, 0.1) is 0 Å². The molecule has 0 radical (unpaired) electrons. The molecule has 0 bridgehead atoms. The molecule has 5 rings (SSSR count). The van der Waals surface area contributed by atoms with E-state index in [2.05, 4.69) is 25.4 Å². The molecular formula is C25H25ClN6O2. The van der Waals surface area contributed by atoms with E-state index in [1.807, 2.05) is 42.5 Å². The van der Waals surface area contributed by atoms with Gasteiger partial charge >= 0.3 is 0 Å². The molecule has 8 nitrogen and oxygen atoms in total. The number of hydrogen-bond donors (Lipinski definition) is 1. The zero-order chi connectivity index (χ0) is 23.3. The molecule has 34 heavy (non-hydrogen) atoms. The lowest BCUT2D eigenvalue weighted by atomic mass is 10.0. The van der Waals surface area contributed by atoms with Gasteiger partial charge < -0.3 is 14.8 Å². The lowest BCUT2D eigenvalue weighted by Gasteiger charge is -2.16. The van der Waals surface area contributed by atoms with E-state index in [1.54, 1.807) is 19.5 Å². The van der Waals surface area contributed by atoms with Gasteiger partial charge in [0, 0.05) is 23.3 Å². The molecule has 174 valence electrons. The second kappa shape index (κ2) is 10.2. The maximum Gasteiger partial charge on any atom is 0.247 e. The van der Waals surface area contributed by atoms with Gasteiger partial charge in [-0.1, -0.05) is 11.6 Å². The molecule has 1 aliphatic heterocycles. The zero-order valence-electron chi connectivity index (χ0n) is 18.9. The van der Waals surface area contributed by atoms with E-state index >= 15 is 0 Å². The number of nitrogens with one attached hydrogen (secondary N) is 1. The summed E-state index contributed by atoms with van der Waals surface area (Å²) in [6.07, 6.45) is 5.90. The molecule has 2 aromatic heterocycles. The number of rotatable bonds is 8. The first-order valence-corrected chi connectivity index (χ1v) is 11.6. The highest BCUT2D eigenvalue weighted by atomic mass is 35.5. The van der Waals surface area contributed by atoms with Crippen molar-refractivity contribution in [2.45, 2.75) is 12.8 Å². The highest BCUT2D eigenvalue weighted by Gasteiger charge is 2.16. The Balaban J connectivity index is 1.51. The first-order chi connectivity index (χ1) is 16.7. The van der Waals surface area contributed by atoms with E-state index in [1.165, 1.54) is 12.8 Å². The minimum absolute atomic E-state index is 0.372. The molecular weight excluding hydrogens is 452 g/mol. The van der Waals surface area contributed by atoms with Gasteiger partial charge in [-0.2, -0.15) is 0 Å². The molecule has 1 saturated heterocycles. The van der Waals surface area contributed by atoms with Crippen LogP contribution < -0.4 is 14.8 Å². The van der Waals surface area contributed by atoms with Gasteiger partial charge in [0.05, 0.1) is 19.0 Å². The highest BCUT2D eigenvalue weighted by molar-refractivity contribution is 6.33. The third kappa shape index (κ3) is 5.03. The Hall–Kier alpha value is -3.49. The largest absolute Gasteiger partial charge is 0.497 e. The van der Waals surface area contributed by atoms with Crippen molar-refractivity contribution in [3.63, 3.8) is 0 Å². The number of nitrogens with zero attached hydrogens (tertiary/aromatic N) is 5. The molecule has 1 aliphatic rings. The fraction of sp³-hybridized carbons (Fsp3) is 0.280. The van der Waals surface area contributed by atoms with Crippen molar-refractivity contribution < 1.29 is 9.47 Å². The van der Waals surface area contributed by atoms with E-state index in [0.717, 1.165) is 42.2 Å². The molecule has 0 atom stereocenters. The molecule has 0 aliphatic carbocycles. The second-order valence-electron chi connectivity index (χ2n) is 8.09. The van der Waals surface area contributed by atoms with Crippen LogP contribution in [0.3, 0.4) is 0 Å². The fourth-order valence-electron chi connectivity index (χ4n) is 4.04. The van der Waals surface area contributed by atoms with Crippen LogP contribution in [0.5, 0.6) is 11.5 Å². The number of aromatic nitrogens is 4. The summed E-state index contributed by atoms with van der Waals surface area (Å²) in [6.45, 7) is 3.66. The molecule has 0 spiro atoms. The Morgan fingerprint density at radius 2 is 1.97 bits per heavy atom. The number of benzene rings is 2. The number of halogens is 1. The predicted octanol–water partition coefficient (Wildman–Crippen LogP) is 4.97. The lowest BCUT2D eigenvalue weighted by Crippen LogP contribution is -2.25. The Morgan fingerprint density at radius 1 is 1.09 bits per heavy atom. The summed E-state index contributed by atoms with van der Waals surface area (Å²) in [5.74, 6) is 1.73. The van der Waals surface area contributed by atoms with Crippen LogP contribution in [0.1, 0.15) is 12.8 Å². The van der Waals surface area contributed by atoms with E-state index < -0.39 is 0 Å². The Kier molecular flexibility index (Phi) is 6.69. The normalized spacial score (nSPS) is 13.8. The van der Waals surface area contributed by atoms with Crippen molar-refractivity contribution in [3.8, 4) is 22.6 Å². The fourth-order valence-corrected chi connectivity index (χ4v) is 4.27. The molecule has 4 aromatic rings. The zero-order valence-corrected chi connectivity index (χ0v) is 19.6. The minimum atomic E-state index is 0.372. The van der Waals surface area contributed by atoms with Crippen molar-refractivity contribution in [3.05, 3.63) is 59.9 Å². The number of fused-ring (bicyclic) bond motifs is 1. The maximum absolute atomic E-state index is 6.53. The van der Waals surface area contributed by atoms with Crippen molar-refractivity contribution in [2.24, 2.45) is 0 Å². The van der Waals surface area contributed by atoms with Crippen molar-refractivity contribution in [1.82, 2.24) is 25.1 Å². The number of ether oxygens (including phenoxy) is 2. The topological polar surface area (TPSA) is 85.3 Å². The van der Waals surface area contributed by atoms with Crippen LogP contribution in [-0.2, 0) is 0 Å². The summed E-state index contributed by atoms with van der Waals surface area (Å²) in [5.41, 5.74) is 3.71. The van der Waals surface area contributed by atoms with Gasteiger partial charge in [-0.15, -0.1) is 10.2 Å². The smallest absolute Gasteiger partial charge is 0.247 e. The lowest BCUT2D eigenvalue weighted by molar-refractivity contribution is 0.239. The van der Waals surface area contributed by atoms with Gasteiger partial charge in [-0.05, 0) is 74.0 Å². The quantitative estimate of drug-likeness (QED) is 0.381. The van der Waals surface area contributed by atoms with Crippen LogP contribution in [0.2, 0.25) is 5.02 Å². The number of pyridine rings is 1. The number of likely N-dealkylation sites (tertiary alicyclic amines) is 1.